The summed E-state index contributed by atoms with van der Waals surface area (Å²) < 4.78 is 15.8. The number of esters is 2. The van der Waals surface area contributed by atoms with Gasteiger partial charge in [0, 0.05) is 5.38 Å². The Morgan fingerprint density at radius 2 is 1.56 bits per heavy atom. The molecule has 0 amide bonds. The highest BCUT2D eigenvalue weighted by atomic mass is 32.1. The summed E-state index contributed by atoms with van der Waals surface area (Å²) in [6.45, 7) is 2.42. The Morgan fingerprint density at radius 3 is 2.15 bits per heavy atom. The van der Waals surface area contributed by atoms with E-state index in [4.69, 9.17) is 14.2 Å². The van der Waals surface area contributed by atoms with Gasteiger partial charge in [-0.15, -0.1) is 11.3 Å². The van der Waals surface area contributed by atoms with Crippen LogP contribution in [0.1, 0.15) is 33.3 Å². The molecular weight excluding hydrogens is 366 g/mol. The predicted octanol–water partition coefficient (Wildman–Crippen LogP) is 4.12. The fourth-order valence-corrected chi connectivity index (χ4v) is 2.74. The van der Waals surface area contributed by atoms with Crippen LogP contribution in [0.3, 0.4) is 0 Å². The maximum absolute atomic E-state index is 12.2. The maximum Gasteiger partial charge on any atom is 0.343 e. The van der Waals surface area contributed by atoms with E-state index < -0.39 is 11.9 Å². The molecule has 0 bridgehead atoms. The summed E-state index contributed by atoms with van der Waals surface area (Å²) in [7, 11) is 0. The molecule has 0 aliphatic heterocycles. The van der Waals surface area contributed by atoms with Crippen LogP contribution in [0.15, 0.2) is 59.4 Å². The molecule has 0 saturated carbocycles. The average Bonchev–Trinajstić information content (AvgIpc) is 3.21. The number of hydrogen-bond acceptors (Lipinski definition) is 7. The Labute approximate surface area is 160 Å². The lowest BCUT2D eigenvalue weighted by Crippen LogP contribution is -2.09. The Bertz CT molecular complexity index is 889. The average molecular weight is 383 g/mol. The van der Waals surface area contributed by atoms with Gasteiger partial charge in [0.05, 0.1) is 28.9 Å². The quantitative estimate of drug-likeness (QED) is 0.451. The lowest BCUT2D eigenvalue weighted by Gasteiger charge is -2.07. The van der Waals surface area contributed by atoms with Crippen LogP contribution in [0.25, 0.3) is 0 Å². The summed E-state index contributed by atoms with van der Waals surface area (Å²) in [6, 6.07) is 12.9. The second-order valence-electron chi connectivity index (χ2n) is 5.43. The zero-order valence-electron chi connectivity index (χ0n) is 14.6. The minimum atomic E-state index is -0.495. The highest BCUT2D eigenvalue weighted by Crippen LogP contribution is 2.18. The maximum atomic E-state index is 12.2. The fourth-order valence-electron chi connectivity index (χ4n) is 2.19. The second kappa shape index (κ2) is 8.95. The molecule has 138 valence electrons. The van der Waals surface area contributed by atoms with Crippen molar-refractivity contribution in [1.29, 1.82) is 0 Å². The minimum absolute atomic E-state index is 0.305. The van der Waals surface area contributed by atoms with E-state index in [-0.39, 0.29) is 0 Å². The molecular formula is C20H17NO5S. The molecule has 7 heteroatoms. The molecule has 6 nitrogen and oxygen atoms in total. The summed E-state index contributed by atoms with van der Waals surface area (Å²) >= 11 is 1.51. The summed E-state index contributed by atoms with van der Waals surface area (Å²) in [5.41, 5.74) is 3.40. The van der Waals surface area contributed by atoms with E-state index in [1.807, 2.05) is 5.38 Å². The first-order chi connectivity index (χ1) is 13.2. The van der Waals surface area contributed by atoms with E-state index in [1.165, 1.54) is 11.3 Å². The second-order valence-corrected chi connectivity index (χ2v) is 6.15. The van der Waals surface area contributed by atoms with Crippen molar-refractivity contribution >= 4 is 23.3 Å². The van der Waals surface area contributed by atoms with E-state index in [1.54, 1.807) is 61.0 Å². The van der Waals surface area contributed by atoms with Gasteiger partial charge in [0.15, 0.2) is 0 Å². The molecule has 27 heavy (non-hydrogen) atoms. The molecule has 0 spiro atoms. The van der Waals surface area contributed by atoms with Crippen molar-refractivity contribution < 1.29 is 23.8 Å². The first-order valence-electron chi connectivity index (χ1n) is 8.25. The SMILES string of the molecule is CCOC(=O)c1ccc(OC(=O)c2ccc(OCc3cscn3)cc2)cc1. The molecule has 0 radical (unpaired) electrons. The summed E-state index contributed by atoms with van der Waals surface area (Å²) in [5, 5.41) is 1.92. The van der Waals surface area contributed by atoms with Gasteiger partial charge in [-0.25, -0.2) is 14.6 Å². The molecule has 3 aromatic rings. The Hall–Kier alpha value is -3.19. The van der Waals surface area contributed by atoms with Crippen LogP contribution < -0.4 is 9.47 Å². The van der Waals surface area contributed by atoms with Gasteiger partial charge in [0.2, 0.25) is 0 Å². The van der Waals surface area contributed by atoms with Crippen molar-refractivity contribution in [1.82, 2.24) is 4.98 Å². The van der Waals surface area contributed by atoms with Gasteiger partial charge in [-0.05, 0) is 55.5 Å². The van der Waals surface area contributed by atoms with E-state index in [2.05, 4.69) is 4.98 Å². The number of carbonyl (C=O) groups excluding carboxylic acids is 2. The number of ether oxygens (including phenoxy) is 3. The molecule has 1 aromatic heterocycles. The summed E-state index contributed by atoms with van der Waals surface area (Å²) in [4.78, 5) is 28.0. The molecule has 2 aromatic carbocycles. The molecule has 0 atom stereocenters. The van der Waals surface area contributed by atoms with E-state index in [0.29, 0.717) is 35.8 Å². The zero-order chi connectivity index (χ0) is 19.1. The Kier molecular flexibility index (Phi) is 6.17. The molecule has 0 saturated heterocycles. The number of nitrogens with zero attached hydrogens (tertiary/aromatic N) is 1. The van der Waals surface area contributed by atoms with Crippen LogP contribution >= 0.6 is 11.3 Å². The van der Waals surface area contributed by atoms with Crippen LogP contribution in [-0.4, -0.2) is 23.5 Å². The first kappa shape index (κ1) is 18.6. The van der Waals surface area contributed by atoms with Crippen molar-refractivity contribution in [3.63, 3.8) is 0 Å². The van der Waals surface area contributed by atoms with Gasteiger partial charge < -0.3 is 14.2 Å². The summed E-state index contributed by atoms with van der Waals surface area (Å²) in [6.07, 6.45) is 0. The first-order valence-corrected chi connectivity index (χ1v) is 9.19. The van der Waals surface area contributed by atoms with Gasteiger partial charge in [-0.2, -0.15) is 0 Å². The van der Waals surface area contributed by atoms with Gasteiger partial charge in [0.25, 0.3) is 0 Å². The van der Waals surface area contributed by atoms with Gasteiger partial charge in [-0.3, -0.25) is 0 Å². The summed E-state index contributed by atoms with van der Waals surface area (Å²) in [5.74, 6) is 0.0730. The molecule has 0 aliphatic rings. The third-order valence-corrected chi connectivity index (χ3v) is 4.17. The van der Waals surface area contributed by atoms with Gasteiger partial charge in [-0.1, -0.05) is 0 Å². The van der Waals surface area contributed by atoms with Crippen molar-refractivity contribution in [2.45, 2.75) is 13.5 Å². The number of carbonyl (C=O) groups is 2. The van der Waals surface area contributed by atoms with E-state index in [0.717, 1.165) is 5.69 Å². The molecule has 0 unspecified atom stereocenters. The third kappa shape index (κ3) is 5.15. The lowest BCUT2D eigenvalue weighted by molar-refractivity contribution is 0.0526. The minimum Gasteiger partial charge on any atom is -0.487 e. The topological polar surface area (TPSA) is 74.7 Å². The number of benzene rings is 2. The molecule has 0 aliphatic carbocycles. The Morgan fingerprint density at radius 1 is 0.926 bits per heavy atom. The fraction of sp³-hybridized carbons (Fsp3) is 0.150. The number of aromatic nitrogens is 1. The van der Waals surface area contributed by atoms with Gasteiger partial charge in [0.1, 0.15) is 18.1 Å². The van der Waals surface area contributed by atoms with Crippen molar-refractivity contribution in [3.8, 4) is 11.5 Å². The zero-order valence-corrected chi connectivity index (χ0v) is 15.4. The van der Waals surface area contributed by atoms with E-state index >= 15 is 0 Å². The predicted molar refractivity (Wildman–Crippen MR) is 100 cm³/mol. The van der Waals surface area contributed by atoms with Gasteiger partial charge >= 0.3 is 11.9 Å². The molecule has 0 fully saturated rings. The van der Waals surface area contributed by atoms with Crippen LogP contribution in [0.5, 0.6) is 11.5 Å². The molecule has 0 N–H and O–H groups in total. The number of rotatable bonds is 7. The third-order valence-electron chi connectivity index (χ3n) is 3.54. The molecule has 1 heterocycles. The number of hydrogen-bond donors (Lipinski definition) is 0. The number of thiazole rings is 1. The van der Waals surface area contributed by atoms with Crippen LogP contribution in [0.4, 0.5) is 0 Å². The monoisotopic (exact) mass is 383 g/mol. The smallest absolute Gasteiger partial charge is 0.343 e. The standard InChI is InChI=1S/C20H17NO5S/c1-2-24-19(22)14-5-9-18(10-6-14)26-20(23)15-3-7-17(8-4-15)25-11-16-12-27-13-21-16/h3-10,12-13H,2,11H2,1H3. The highest BCUT2D eigenvalue weighted by Gasteiger charge is 2.11. The molecule has 3 rings (SSSR count). The normalized spacial score (nSPS) is 10.3. The van der Waals surface area contributed by atoms with E-state index in [9.17, 15) is 9.59 Å². The van der Waals surface area contributed by atoms with Crippen LogP contribution in [0.2, 0.25) is 0 Å². The van der Waals surface area contributed by atoms with Crippen molar-refractivity contribution in [2.75, 3.05) is 6.61 Å². The van der Waals surface area contributed by atoms with Crippen LogP contribution in [0, 0.1) is 0 Å². The highest BCUT2D eigenvalue weighted by molar-refractivity contribution is 7.07. The largest absolute Gasteiger partial charge is 0.487 e. The Balaban J connectivity index is 1.56. The van der Waals surface area contributed by atoms with Crippen molar-refractivity contribution in [3.05, 3.63) is 76.2 Å². The lowest BCUT2D eigenvalue weighted by atomic mass is 10.2. The van der Waals surface area contributed by atoms with Crippen LogP contribution in [-0.2, 0) is 11.3 Å². The van der Waals surface area contributed by atoms with Crippen molar-refractivity contribution in [2.24, 2.45) is 0 Å².